The molecule has 0 unspecified atom stereocenters. The van der Waals surface area contributed by atoms with E-state index in [0.29, 0.717) is 25.2 Å². The van der Waals surface area contributed by atoms with E-state index < -0.39 is 0 Å². The van der Waals surface area contributed by atoms with Crippen molar-refractivity contribution in [2.75, 3.05) is 16.4 Å². The van der Waals surface area contributed by atoms with Crippen LogP contribution in [0.25, 0.3) is 0 Å². The number of anilines is 3. The summed E-state index contributed by atoms with van der Waals surface area (Å²) in [7, 11) is 0. The van der Waals surface area contributed by atoms with E-state index in [1.165, 1.54) is 34.2 Å². The maximum absolute atomic E-state index is 12.1. The Balaban J connectivity index is 1.55. The molecule has 0 saturated heterocycles. The van der Waals surface area contributed by atoms with Gasteiger partial charge in [0.05, 0.1) is 15.8 Å². The molecule has 2 aromatic carbocycles. The van der Waals surface area contributed by atoms with Gasteiger partial charge in [0.25, 0.3) is 0 Å². The highest BCUT2D eigenvalue weighted by atomic mass is 35.5. The molecule has 2 N–H and O–H groups in total. The van der Waals surface area contributed by atoms with Crippen LogP contribution in [0.4, 0.5) is 16.5 Å². The molecule has 3 rings (SSSR count). The minimum Gasteiger partial charge on any atom is -0.330 e. The molecular weight excluding hydrogens is 423 g/mol. The molecule has 0 aliphatic carbocycles. The van der Waals surface area contributed by atoms with Gasteiger partial charge in [-0.15, -0.1) is 10.2 Å². The van der Waals surface area contributed by atoms with Gasteiger partial charge in [0.1, 0.15) is 0 Å². The average molecular weight is 439 g/mol. The van der Waals surface area contributed by atoms with Gasteiger partial charge in [-0.2, -0.15) is 0 Å². The zero-order valence-corrected chi connectivity index (χ0v) is 17.7. The largest absolute Gasteiger partial charge is 0.330 e. The number of hydrogen-bond donors (Lipinski definition) is 2. The fourth-order valence-corrected chi connectivity index (χ4v) is 4.08. The van der Waals surface area contributed by atoms with Gasteiger partial charge in [0.2, 0.25) is 11.0 Å². The number of carbonyl (C=O) groups excluding carboxylic acids is 1. The van der Waals surface area contributed by atoms with Crippen molar-refractivity contribution >= 4 is 68.7 Å². The second-order valence-corrected chi connectivity index (χ2v) is 8.73. The van der Waals surface area contributed by atoms with E-state index in [0.717, 1.165) is 5.69 Å². The molecule has 0 aliphatic rings. The fraction of sp³-hybridized carbons (Fsp3) is 0.167. The minimum atomic E-state index is -0.155. The van der Waals surface area contributed by atoms with Gasteiger partial charge in [-0.3, -0.25) is 4.79 Å². The van der Waals surface area contributed by atoms with Crippen LogP contribution in [-0.4, -0.2) is 21.9 Å². The third-order valence-corrected chi connectivity index (χ3v) is 6.49. The van der Waals surface area contributed by atoms with Crippen molar-refractivity contribution in [1.29, 1.82) is 0 Å². The first-order valence-electron chi connectivity index (χ1n) is 7.97. The summed E-state index contributed by atoms with van der Waals surface area (Å²) in [6, 6.07) is 11.0. The van der Waals surface area contributed by atoms with Crippen molar-refractivity contribution in [2.45, 2.75) is 18.2 Å². The Morgan fingerprint density at radius 2 is 1.96 bits per heavy atom. The molecule has 0 fully saturated rings. The molecular formula is C18H16Cl2N4OS2. The maximum atomic E-state index is 12.1. The molecule has 0 bridgehead atoms. The molecule has 0 atom stereocenters. The summed E-state index contributed by atoms with van der Waals surface area (Å²) in [6.07, 6.45) is 0. The number of thioether (sulfide) groups is 1. The van der Waals surface area contributed by atoms with Crippen LogP contribution in [-0.2, 0) is 4.79 Å². The highest BCUT2D eigenvalue weighted by Crippen LogP contribution is 2.30. The van der Waals surface area contributed by atoms with Crippen molar-refractivity contribution in [1.82, 2.24) is 10.2 Å². The number of carbonyl (C=O) groups is 1. The van der Waals surface area contributed by atoms with E-state index in [9.17, 15) is 4.79 Å². The number of aryl methyl sites for hydroxylation is 1. The summed E-state index contributed by atoms with van der Waals surface area (Å²) in [5.41, 5.74) is 3.98. The Labute approximate surface area is 175 Å². The van der Waals surface area contributed by atoms with Crippen LogP contribution < -0.4 is 10.6 Å². The molecule has 0 spiro atoms. The summed E-state index contributed by atoms with van der Waals surface area (Å²) < 4.78 is 0.715. The lowest BCUT2D eigenvalue weighted by Gasteiger charge is -2.08. The van der Waals surface area contributed by atoms with Crippen molar-refractivity contribution < 1.29 is 4.79 Å². The van der Waals surface area contributed by atoms with Crippen LogP contribution in [0.1, 0.15) is 11.1 Å². The highest BCUT2D eigenvalue weighted by Gasteiger charge is 2.10. The molecule has 5 nitrogen and oxygen atoms in total. The Hall–Kier alpha value is -1.80. The van der Waals surface area contributed by atoms with Crippen LogP contribution in [0.15, 0.2) is 40.7 Å². The molecule has 9 heteroatoms. The van der Waals surface area contributed by atoms with Gasteiger partial charge in [0.15, 0.2) is 4.34 Å². The normalized spacial score (nSPS) is 10.7. The van der Waals surface area contributed by atoms with Crippen LogP contribution in [0.5, 0.6) is 0 Å². The van der Waals surface area contributed by atoms with E-state index in [4.69, 9.17) is 23.2 Å². The number of amides is 1. The average Bonchev–Trinajstić information content (AvgIpc) is 3.08. The number of hydrogen-bond acceptors (Lipinski definition) is 6. The summed E-state index contributed by atoms with van der Waals surface area (Å²) in [5, 5.41) is 15.8. The zero-order chi connectivity index (χ0) is 19.4. The van der Waals surface area contributed by atoms with Crippen molar-refractivity contribution in [3.63, 3.8) is 0 Å². The lowest BCUT2D eigenvalue weighted by Crippen LogP contribution is -2.13. The standard InChI is InChI=1S/C18H16Cl2N4OS2/c1-10-4-3-5-15(11(10)2)22-17-23-24-18(27-17)26-9-16(25)21-12-6-7-13(19)14(20)8-12/h3-8H,9H2,1-2H3,(H,21,25)(H,22,23). The second-order valence-electron chi connectivity index (χ2n) is 5.71. The van der Waals surface area contributed by atoms with E-state index in [-0.39, 0.29) is 11.7 Å². The number of halogens is 2. The predicted molar refractivity (Wildman–Crippen MR) is 115 cm³/mol. The second kappa shape index (κ2) is 8.93. The third kappa shape index (κ3) is 5.35. The lowest BCUT2D eigenvalue weighted by molar-refractivity contribution is -0.113. The van der Waals surface area contributed by atoms with Crippen molar-refractivity contribution in [3.05, 3.63) is 57.6 Å². The Kier molecular flexibility index (Phi) is 6.59. The summed E-state index contributed by atoms with van der Waals surface area (Å²) in [5.74, 6) is 0.0656. The smallest absolute Gasteiger partial charge is 0.234 e. The molecule has 27 heavy (non-hydrogen) atoms. The van der Waals surface area contributed by atoms with Crippen LogP contribution >= 0.6 is 46.3 Å². The van der Waals surface area contributed by atoms with E-state index in [1.54, 1.807) is 18.2 Å². The van der Waals surface area contributed by atoms with Crippen molar-refractivity contribution in [2.24, 2.45) is 0 Å². The van der Waals surface area contributed by atoms with Gasteiger partial charge in [-0.05, 0) is 49.2 Å². The Morgan fingerprint density at radius 3 is 2.74 bits per heavy atom. The van der Waals surface area contributed by atoms with Crippen LogP contribution in [0, 0.1) is 13.8 Å². The van der Waals surface area contributed by atoms with Crippen LogP contribution in [0.2, 0.25) is 10.0 Å². The first-order chi connectivity index (χ1) is 12.9. The Morgan fingerprint density at radius 1 is 1.15 bits per heavy atom. The van der Waals surface area contributed by atoms with E-state index in [2.05, 4.69) is 40.7 Å². The molecule has 1 aromatic heterocycles. The number of nitrogens with zero attached hydrogens (tertiary/aromatic N) is 2. The number of rotatable bonds is 6. The van der Waals surface area contributed by atoms with E-state index >= 15 is 0 Å². The minimum absolute atomic E-state index is 0.155. The Bertz CT molecular complexity index is 978. The molecule has 0 saturated carbocycles. The third-order valence-electron chi connectivity index (χ3n) is 3.78. The number of nitrogens with one attached hydrogen (secondary N) is 2. The van der Waals surface area contributed by atoms with Gasteiger partial charge >= 0.3 is 0 Å². The topological polar surface area (TPSA) is 66.9 Å². The van der Waals surface area contributed by atoms with Crippen molar-refractivity contribution in [3.8, 4) is 0 Å². The number of benzene rings is 2. The summed E-state index contributed by atoms with van der Waals surface area (Å²) in [4.78, 5) is 12.1. The van der Waals surface area contributed by atoms with Gasteiger partial charge in [0, 0.05) is 11.4 Å². The quantitative estimate of drug-likeness (QED) is 0.466. The van der Waals surface area contributed by atoms with Crippen LogP contribution in [0.3, 0.4) is 0 Å². The van der Waals surface area contributed by atoms with Gasteiger partial charge < -0.3 is 10.6 Å². The predicted octanol–water partition coefficient (Wildman–Crippen LogP) is 5.94. The van der Waals surface area contributed by atoms with Gasteiger partial charge in [-0.25, -0.2) is 0 Å². The summed E-state index contributed by atoms with van der Waals surface area (Å²) >= 11 is 14.6. The molecule has 0 aliphatic heterocycles. The molecule has 140 valence electrons. The first-order valence-corrected chi connectivity index (χ1v) is 10.5. The first kappa shape index (κ1) is 19.9. The summed E-state index contributed by atoms with van der Waals surface area (Å²) in [6.45, 7) is 4.12. The van der Waals surface area contributed by atoms with Gasteiger partial charge in [-0.1, -0.05) is 58.4 Å². The number of aromatic nitrogens is 2. The zero-order valence-electron chi connectivity index (χ0n) is 14.5. The molecule has 1 heterocycles. The molecule has 1 amide bonds. The SMILES string of the molecule is Cc1cccc(Nc2nnc(SCC(=O)Nc3ccc(Cl)c(Cl)c3)s2)c1C. The molecule has 3 aromatic rings. The molecule has 0 radical (unpaired) electrons. The maximum Gasteiger partial charge on any atom is 0.234 e. The lowest BCUT2D eigenvalue weighted by atomic mass is 10.1. The monoisotopic (exact) mass is 438 g/mol. The highest BCUT2D eigenvalue weighted by molar-refractivity contribution is 8.01. The fourth-order valence-electron chi connectivity index (χ4n) is 2.22. The van der Waals surface area contributed by atoms with E-state index in [1.807, 2.05) is 12.1 Å².